The van der Waals surface area contributed by atoms with Crippen LogP contribution in [0.3, 0.4) is 0 Å². The lowest BCUT2D eigenvalue weighted by molar-refractivity contribution is -0.139. The van der Waals surface area contributed by atoms with Crippen molar-refractivity contribution < 1.29 is 22.8 Å². The van der Waals surface area contributed by atoms with E-state index in [1.165, 1.54) is 18.2 Å². The molecular weight excluding hydrogens is 345 g/mol. The first-order valence-electron chi connectivity index (χ1n) is 7.99. The number of halogens is 3. The van der Waals surface area contributed by atoms with E-state index in [0.29, 0.717) is 5.56 Å². The van der Waals surface area contributed by atoms with Crippen LogP contribution in [0.5, 0.6) is 0 Å². The number of aryl methyl sites for hydroxylation is 1. The Kier molecular flexibility index (Phi) is 4.26. The summed E-state index contributed by atoms with van der Waals surface area (Å²) < 4.78 is 39.5. The highest BCUT2D eigenvalue weighted by Gasteiger charge is 2.49. The smallest absolute Gasteiger partial charge is 0.319 e. The number of alkyl halides is 3. The standard InChI is InChI=1S/C19H17F3N2O2/c1-12-7-9-14(10-8-12)18(2)16(25)24(17(26)23-18)11-13-5-3-4-6-15(13)19(20,21)22/h3-10H,11H2,1-2H3,(H,23,26). The fourth-order valence-electron chi connectivity index (χ4n) is 3.03. The zero-order chi connectivity index (χ0) is 19.1. The van der Waals surface area contributed by atoms with Gasteiger partial charge < -0.3 is 5.32 Å². The maximum atomic E-state index is 13.2. The molecule has 0 bridgehead atoms. The van der Waals surface area contributed by atoms with Gasteiger partial charge >= 0.3 is 12.2 Å². The average Bonchev–Trinajstić information content (AvgIpc) is 2.79. The number of benzene rings is 2. The van der Waals surface area contributed by atoms with Gasteiger partial charge in [0.25, 0.3) is 5.91 Å². The average molecular weight is 362 g/mol. The lowest BCUT2D eigenvalue weighted by Gasteiger charge is -2.23. The number of nitrogens with one attached hydrogen (secondary N) is 1. The number of amides is 3. The first-order valence-corrected chi connectivity index (χ1v) is 7.99. The van der Waals surface area contributed by atoms with Crippen LogP contribution in [0.2, 0.25) is 0 Å². The summed E-state index contributed by atoms with van der Waals surface area (Å²) >= 11 is 0. The molecule has 3 amide bonds. The van der Waals surface area contributed by atoms with Gasteiger partial charge in [0.15, 0.2) is 0 Å². The topological polar surface area (TPSA) is 49.4 Å². The lowest BCUT2D eigenvalue weighted by Crippen LogP contribution is -2.40. The molecule has 1 N–H and O–H groups in total. The molecule has 1 atom stereocenters. The Labute approximate surface area is 148 Å². The number of hydrogen-bond donors (Lipinski definition) is 1. The van der Waals surface area contributed by atoms with Crippen LogP contribution in [0.15, 0.2) is 48.5 Å². The van der Waals surface area contributed by atoms with Crippen LogP contribution in [-0.4, -0.2) is 16.8 Å². The third-order valence-electron chi connectivity index (χ3n) is 4.56. The van der Waals surface area contributed by atoms with Gasteiger partial charge in [-0.05, 0) is 31.0 Å². The lowest BCUT2D eigenvalue weighted by atomic mass is 9.91. The summed E-state index contributed by atoms with van der Waals surface area (Å²) in [5.41, 5.74) is -0.725. The molecule has 1 aliphatic rings. The van der Waals surface area contributed by atoms with Crippen molar-refractivity contribution in [2.24, 2.45) is 0 Å². The van der Waals surface area contributed by atoms with Crippen LogP contribution in [0.25, 0.3) is 0 Å². The van der Waals surface area contributed by atoms with E-state index in [4.69, 9.17) is 0 Å². The second-order valence-corrected chi connectivity index (χ2v) is 6.47. The summed E-state index contributed by atoms with van der Waals surface area (Å²) in [6.45, 7) is 3.00. The van der Waals surface area contributed by atoms with Crippen molar-refractivity contribution in [2.45, 2.75) is 32.1 Å². The minimum Gasteiger partial charge on any atom is -0.319 e. The Morgan fingerprint density at radius 1 is 1.04 bits per heavy atom. The molecule has 2 aromatic carbocycles. The van der Waals surface area contributed by atoms with Crippen LogP contribution in [-0.2, 0) is 23.1 Å². The van der Waals surface area contributed by atoms with Crippen LogP contribution in [0, 0.1) is 6.92 Å². The highest BCUT2D eigenvalue weighted by molar-refractivity contribution is 6.07. The van der Waals surface area contributed by atoms with Gasteiger partial charge in [-0.1, -0.05) is 48.0 Å². The van der Waals surface area contributed by atoms with Crippen molar-refractivity contribution in [1.82, 2.24) is 10.2 Å². The second kappa shape index (κ2) is 6.16. The Bertz CT molecular complexity index is 862. The number of rotatable bonds is 3. The molecule has 1 heterocycles. The summed E-state index contributed by atoms with van der Waals surface area (Å²) in [4.78, 5) is 26.0. The van der Waals surface area contributed by atoms with Crippen LogP contribution < -0.4 is 5.32 Å². The van der Waals surface area contributed by atoms with E-state index in [0.717, 1.165) is 16.5 Å². The molecule has 26 heavy (non-hydrogen) atoms. The van der Waals surface area contributed by atoms with E-state index in [-0.39, 0.29) is 5.56 Å². The molecule has 1 unspecified atom stereocenters. The van der Waals surface area contributed by atoms with Crippen LogP contribution in [0.1, 0.15) is 29.2 Å². The van der Waals surface area contributed by atoms with Gasteiger partial charge in [-0.3, -0.25) is 9.69 Å². The molecule has 0 spiro atoms. The third-order valence-corrected chi connectivity index (χ3v) is 4.56. The van der Waals surface area contributed by atoms with Crippen molar-refractivity contribution in [1.29, 1.82) is 0 Å². The van der Waals surface area contributed by atoms with Gasteiger partial charge in [0.2, 0.25) is 0 Å². The van der Waals surface area contributed by atoms with Gasteiger partial charge in [0.05, 0.1) is 12.1 Å². The van der Waals surface area contributed by atoms with Crippen molar-refractivity contribution in [3.05, 3.63) is 70.8 Å². The Morgan fingerprint density at radius 3 is 2.27 bits per heavy atom. The van der Waals surface area contributed by atoms with E-state index in [1.54, 1.807) is 19.1 Å². The van der Waals surface area contributed by atoms with Crippen molar-refractivity contribution in [2.75, 3.05) is 0 Å². The Balaban J connectivity index is 1.93. The van der Waals surface area contributed by atoms with E-state index < -0.39 is 35.8 Å². The largest absolute Gasteiger partial charge is 0.416 e. The highest BCUT2D eigenvalue weighted by Crippen LogP contribution is 2.34. The van der Waals surface area contributed by atoms with Gasteiger partial charge in [-0.2, -0.15) is 13.2 Å². The molecule has 0 saturated carbocycles. The summed E-state index contributed by atoms with van der Waals surface area (Å²) in [6, 6.07) is 11.3. The third kappa shape index (κ3) is 3.05. The zero-order valence-corrected chi connectivity index (χ0v) is 14.2. The fraction of sp³-hybridized carbons (Fsp3) is 0.263. The molecule has 7 heteroatoms. The summed E-state index contributed by atoms with van der Waals surface area (Å²) in [6.07, 6.45) is -4.56. The van der Waals surface area contributed by atoms with Gasteiger partial charge in [0, 0.05) is 0 Å². The number of carbonyl (C=O) groups is 2. The molecule has 1 saturated heterocycles. The van der Waals surface area contributed by atoms with E-state index in [1.807, 2.05) is 19.1 Å². The van der Waals surface area contributed by atoms with Crippen LogP contribution >= 0.6 is 0 Å². The zero-order valence-electron chi connectivity index (χ0n) is 14.2. The Morgan fingerprint density at radius 2 is 1.65 bits per heavy atom. The van der Waals surface area contributed by atoms with Gasteiger partial charge in [-0.15, -0.1) is 0 Å². The number of imide groups is 1. The summed E-state index contributed by atoms with van der Waals surface area (Å²) in [7, 11) is 0. The quantitative estimate of drug-likeness (QED) is 0.840. The monoisotopic (exact) mass is 362 g/mol. The normalized spacial score (nSPS) is 20.4. The number of carbonyl (C=O) groups excluding carboxylic acids is 2. The minimum atomic E-state index is -4.56. The molecule has 1 fully saturated rings. The number of hydrogen-bond acceptors (Lipinski definition) is 2. The van der Waals surface area contributed by atoms with Crippen molar-refractivity contribution >= 4 is 11.9 Å². The maximum absolute atomic E-state index is 13.2. The number of urea groups is 1. The fourth-order valence-corrected chi connectivity index (χ4v) is 3.03. The van der Waals surface area contributed by atoms with Crippen molar-refractivity contribution in [3.8, 4) is 0 Å². The van der Waals surface area contributed by atoms with Crippen LogP contribution in [0.4, 0.5) is 18.0 Å². The molecule has 0 aliphatic carbocycles. The molecule has 3 rings (SSSR count). The Hall–Kier alpha value is -2.83. The van der Waals surface area contributed by atoms with E-state index in [9.17, 15) is 22.8 Å². The molecule has 2 aromatic rings. The SMILES string of the molecule is Cc1ccc(C2(C)NC(=O)N(Cc3ccccc3C(F)(F)F)C2=O)cc1. The summed E-state index contributed by atoms with van der Waals surface area (Å²) in [5.74, 6) is -0.580. The molecule has 1 aliphatic heterocycles. The first kappa shape index (κ1) is 18.0. The summed E-state index contributed by atoms with van der Waals surface area (Å²) in [5, 5.41) is 2.60. The molecular formula is C19H17F3N2O2. The maximum Gasteiger partial charge on any atom is 0.416 e. The predicted molar refractivity (Wildman–Crippen MR) is 89.1 cm³/mol. The minimum absolute atomic E-state index is 0.128. The number of nitrogens with zero attached hydrogens (tertiary/aromatic N) is 1. The molecule has 136 valence electrons. The second-order valence-electron chi connectivity index (χ2n) is 6.47. The molecule has 0 radical (unpaired) electrons. The molecule has 4 nitrogen and oxygen atoms in total. The first-order chi connectivity index (χ1) is 12.1. The molecule has 0 aromatic heterocycles. The highest BCUT2D eigenvalue weighted by atomic mass is 19.4. The van der Waals surface area contributed by atoms with Gasteiger partial charge in [-0.25, -0.2) is 4.79 Å². The van der Waals surface area contributed by atoms with Crippen molar-refractivity contribution in [3.63, 3.8) is 0 Å². The van der Waals surface area contributed by atoms with E-state index in [2.05, 4.69) is 5.32 Å². The van der Waals surface area contributed by atoms with E-state index >= 15 is 0 Å². The predicted octanol–water partition coefficient (Wildman–Crippen LogP) is 3.98. The van der Waals surface area contributed by atoms with Gasteiger partial charge in [0.1, 0.15) is 5.54 Å².